The molecule has 0 aliphatic heterocycles. The summed E-state index contributed by atoms with van der Waals surface area (Å²) in [5.74, 6) is 1.68. The van der Waals surface area contributed by atoms with Gasteiger partial charge in [-0.15, -0.1) is 0 Å². The first-order valence-electron chi connectivity index (χ1n) is 6.45. The van der Waals surface area contributed by atoms with E-state index in [-0.39, 0.29) is 0 Å². The minimum Gasteiger partial charge on any atom is -0.449 e. The maximum absolute atomic E-state index is 5.22. The van der Waals surface area contributed by atoms with Crippen molar-refractivity contribution in [3.8, 4) is 11.3 Å². The molecule has 0 bridgehead atoms. The van der Waals surface area contributed by atoms with Crippen molar-refractivity contribution in [3.63, 3.8) is 0 Å². The van der Waals surface area contributed by atoms with Crippen LogP contribution in [0.1, 0.15) is 11.7 Å². The molecule has 3 rings (SSSR count). The summed E-state index contributed by atoms with van der Waals surface area (Å²) in [6, 6.07) is 8.11. The molecule has 3 aromatic rings. The van der Waals surface area contributed by atoms with Crippen molar-refractivity contribution in [2.24, 2.45) is 7.05 Å². The van der Waals surface area contributed by atoms with Gasteiger partial charge in [0.1, 0.15) is 17.8 Å². The molecule has 5 heteroatoms. The van der Waals surface area contributed by atoms with Crippen LogP contribution in [0.15, 0.2) is 47.3 Å². The van der Waals surface area contributed by atoms with Crippen molar-refractivity contribution < 1.29 is 4.42 Å². The quantitative estimate of drug-likeness (QED) is 0.790. The molecule has 0 saturated heterocycles. The summed E-state index contributed by atoms with van der Waals surface area (Å²) in [5.41, 5.74) is 2.96. The van der Waals surface area contributed by atoms with E-state index < -0.39 is 0 Å². The molecule has 0 radical (unpaired) electrons. The van der Waals surface area contributed by atoms with Gasteiger partial charge in [-0.1, -0.05) is 12.1 Å². The van der Waals surface area contributed by atoms with Gasteiger partial charge in [0.15, 0.2) is 5.89 Å². The predicted molar refractivity (Wildman–Crippen MR) is 77.2 cm³/mol. The Kier molecular flexibility index (Phi) is 3.25. The van der Waals surface area contributed by atoms with Gasteiger partial charge in [0.05, 0.1) is 6.54 Å². The van der Waals surface area contributed by atoms with Gasteiger partial charge in [-0.3, -0.25) is 0 Å². The molecule has 2 heterocycles. The fourth-order valence-corrected chi connectivity index (χ4v) is 2.00. The third-order valence-electron chi connectivity index (χ3n) is 3.17. The van der Waals surface area contributed by atoms with E-state index in [0.29, 0.717) is 12.4 Å². The second kappa shape index (κ2) is 5.21. The number of nitrogens with one attached hydrogen (secondary N) is 1. The van der Waals surface area contributed by atoms with Gasteiger partial charge < -0.3 is 14.3 Å². The number of aromatic nitrogens is 3. The largest absolute Gasteiger partial charge is 0.449 e. The number of rotatable bonds is 4. The third kappa shape index (κ3) is 2.56. The van der Waals surface area contributed by atoms with E-state index in [4.69, 9.17) is 4.42 Å². The number of nitrogens with zero attached hydrogens (tertiary/aromatic N) is 3. The number of imidazole rings is 1. The van der Waals surface area contributed by atoms with Gasteiger partial charge in [0.25, 0.3) is 0 Å². The minimum absolute atomic E-state index is 0.678. The van der Waals surface area contributed by atoms with E-state index in [1.165, 1.54) is 0 Å². The number of oxazole rings is 1. The van der Waals surface area contributed by atoms with E-state index >= 15 is 0 Å². The van der Waals surface area contributed by atoms with Crippen LogP contribution in [0.2, 0.25) is 0 Å². The van der Waals surface area contributed by atoms with Gasteiger partial charge >= 0.3 is 0 Å². The van der Waals surface area contributed by atoms with Gasteiger partial charge in [-0.25, -0.2) is 9.97 Å². The molecule has 102 valence electrons. The van der Waals surface area contributed by atoms with Crippen LogP contribution in [0.5, 0.6) is 0 Å². The maximum atomic E-state index is 5.22. The average Bonchev–Trinajstić information content (AvgIpc) is 3.06. The zero-order valence-electron chi connectivity index (χ0n) is 11.5. The van der Waals surface area contributed by atoms with E-state index in [9.17, 15) is 0 Å². The highest BCUT2D eigenvalue weighted by Gasteiger charge is 2.03. The summed E-state index contributed by atoms with van der Waals surface area (Å²) in [4.78, 5) is 8.59. The van der Waals surface area contributed by atoms with Crippen LogP contribution in [-0.4, -0.2) is 14.5 Å². The van der Waals surface area contributed by atoms with Crippen LogP contribution in [-0.2, 0) is 13.6 Å². The fraction of sp³-hybridized carbons (Fsp3) is 0.200. The lowest BCUT2D eigenvalue weighted by molar-refractivity contribution is 0.521. The normalized spacial score (nSPS) is 10.7. The molecule has 0 spiro atoms. The summed E-state index contributed by atoms with van der Waals surface area (Å²) in [5, 5.41) is 3.34. The lowest BCUT2D eigenvalue weighted by Gasteiger charge is -2.07. The molecular weight excluding hydrogens is 252 g/mol. The number of anilines is 1. The average molecular weight is 268 g/mol. The lowest BCUT2D eigenvalue weighted by Crippen LogP contribution is -2.05. The highest BCUT2D eigenvalue weighted by atomic mass is 16.3. The Balaban J connectivity index is 1.69. The highest BCUT2D eigenvalue weighted by Crippen LogP contribution is 2.20. The van der Waals surface area contributed by atoms with Gasteiger partial charge in [-0.05, 0) is 12.1 Å². The van der Waals surface area contributed by atoms with Crippen LogP contribution < -0.4 is 5.32 Å². The fourth-order valence-electron chi connectivity index (χ4n) is 2.00. The summed E-state index contributed by atoms with van der Waals surface area (Å²) in [7, 11) is 1.99. The number of benzene rings is 1. The molecule has 0 atom stereocenters. The topological polar surface area (TPSA) is 55.9 Å². The first-order chi connectivity index (χ1) is 9.72. The predicted octanol–water partition coefficient (Wildman–Crippen LogP) is 3.00. The first kappa shape index (κ1) is 12.5. The summed E-state index contributed by atoms with van der Waals surface area (Å²) < 4.78 is 7.22. The van der Waals surface area contributed by atoms with Gasteiger partial charge in [0, 0.05) is 37.6 Å². The smallest absolute Gasteiger partial charge is 0.191 e. The number of hydrogen-bond donors (Lipinski definition) is 1. The van der Waals surface area contributed by atoms with Gasteiger partial charge in [0.2, 0.25) is 0 Å². The van der Waals surface area contributed by atoms with Crippen molar-refractivity contribution in [1.29, 1.82) is 0 Å². The zero-order chi connectivity index (χ0) is 13.9. The molecule has 0 fully saturated rings. The van der Waals surface area contributed by atoms with Crippen molar-refractivity contribution >= 4 is 5.69 Å². The molecule has 0 aliphatic rings. The Morgan fingerprint density at radius 2 is 2.05 bits per heavy atom. The molecule has 2 aromatic heterocycles. The monoisotopic (exact) mass is 268 g/mol. The standard InChI is InChI=1S/C15H16N4O/c1-11-18-14(10-20-11)12-3-5-13(6-4-12)17-9-15-16-7-8-19(15)2/h3-8,10,17H,9H2,1-2H3. The summed E-state index contributed by atoms with van der Waals surface area (Å²) in [6.45, 7) is 2.54. The van der Waals surface area contributed by atoms with Crippen molar-refractivity contribution in [2.45, 2.75) is 13.5 Å². The molecule has 5 nitrogen and oxygen atoms in total. The van der Waals surface area contributed by atoms with Crippen molar-refractivity contribution in [3.05, 3.63) is 54.6 Å². The molecule has 0 aliphatic carbocycles. The number of aryl methyl sites for hydroxylation is 2. The minimum atomic E-state index is 0.678. The maximum Gasteiger partial charge on any atom is 0.191 e. The van der Waals surface area contributed by atoms with Crippen molar-refractivity contribution in [2.75, 3.05) is 5.32 Å². The Morgan fingerprint density at radius 1 is 1.25 bits per heavy atom. The molecule has 20 heavy (non-hydrogen) atoms. The van der Waals surface area contributed by atoms with Crippen LogP contribution in [0, 0.1) is 6.92 Å². The lowest BCUT2D eigenvalue weighted by atomic mass is 10.1. The molecular formula is C15H16N4O. The number of hydrogen-bond acceptors (Lipinski definition) is 4. The van der Waals surface area contributed by atoms with Gasteiger partial charge in [-0.2, -0.15) is 0 Å². The van der Waals surface area contributed by atoms with Crippen LogP contribution in [0.25, 0.3) is 11.3 Å². The van der Waals surface area contributed by atoms with E-state index in [1.807, 2.05) is 49.0 Å². The van der Waals surface area contributed by atoms with Crippen LogP contribution >= 0.6 is 0 Å². The SMILES string of the molecule is Cc1nc(-c2ccc(NCc3nccn3C)cc2)co1. The molecule has 1 aromatic carbocycles. The Hall–Kier alpha value is -2.56. The summed E-state index contributed by atoms with van der Waals surface area (Å²) >= 11 is 0. The zero-order valence-corrected chi connectivity index (χ0v) is 11.5. The van der Waals surface area contributed by atoms with E-state index in [1.54, 1.807) is 12.5 Å². The second-order valence-corrected chi connectivity index (χ2v) is 4.64. The highest BCUT2D eigenvalue weighted by molar-refractivity contribution is 5.61. The Morgan fingerprint density at radius 3 is 2.65 bits per heavy atom. The first-order valence-corrected chi connectivity index (χ1v) is 6.45. The van der Waals surface area contributed by atoms with Crippen molar-refractivity contribution in [1.82, 2.24) is 14.5 Å². The third-order valence-corrected chi connectivity index (χ3v) is 3.17. The van der Waals surface area contributed by atoms with E-state index in [0.717, 1.165) is 22.8 Å². The molecule has 0 unspecified atom stereocenters. The Bertz CT molecular complexity index is 697. The molecule has 1 N–H and O–H groups in total. The van der Waals surface area contributed by atoms with Crippen LogP contribution in [0.3, 0.4) is 0 Å². The Labute approximate surface area is 117 Å². The summed E-state index contributed by atoms with van der Waals surface area (Å²) in [6.07, 6.45) is 5.41. The van der Waals surface area contributed by atoms with E-state index in [2.05, 4.69) is 15.3 Å². The van der Waals surface area contributed by atoms with Crippen LogP contribution in [0.4, 0.5) is 5.69 Å². The molecule has 0 amide bonds. The second-order valence-electron chi connectivity index (χ2n) is 4.64. The molecule has 0 saturated carbocycles.